The molecule has 0 saturated heterocycles. The molecular formula is C40H33N3. The van der Waals surface area contributed by atoms with E-state index in [1.165, 1.54) is 77.1 Å². The maximum absolute atomic E-state index is 2.55. The quantitative estimate of drug-likeness (QED) is 0.205. The summed E-state index contributed by atoms with van der Waals surface area (Å²) in [7, 11) is 0. The highest BCUT2D eigenvalue weighted by Crippen LogP contribution is 2.40. The van der Waals surface area contributed by atoms with Crippen molar-refractivity contribution in [2.75, 3.05) is 0 Å². The van der Waals surface area contributed by atoms with Gasteiger partial charge < -0.3 is 13.7 Å². The molecular weight excluding hydrogens is 522 g/mol. The Morgan fingerprint density at radius 1 is 0.581 bits per heavy atom. The molecule has 8 aromatic rings. The molecule has 0 N–H and O–H groups in total. The van der Waals surface area contributed by atoms with Crippen LogP contribution in [-0.2, 0) is 6.42 Å². The summed E-state index contributed by atoms with van der Waals surface area (Å²) < 4.78 is 7.46. The van der Waals surface area contributed by atoms with E-state index in [0.29, 0.717) is 6.04 Å². The fraction of sp³-hybridized carbons (Fsp3) is 0.150. The minimum Gasteiger partial charge on any atom is -0.338 e. The van der Waals surface area contributed by atoms with Gasteiger partial charge in [0, 0.05) is 61.1 Å². The van der Waals surface area contributed by atoms with E-state index in [2.05, 4.69) is 149 Å². The number of benzene rings is 5. The van der Waals surface area contributed by atoms with Crippen LogP contribution in [0.3, 0.4) is 0 Å². The van der Waals surface area contributed by atoms with Crippen LogP contribution in [0.5, 0.6) is 0 Å². The molecule has 3 nitrogen and oxygen atoms in total. The first-order chi connectivity index (χ1) is 21.2. The highest BCUT2D eigenvalue weighted by Gasteiger charge is 2.21. The normalized spacial score (nSPS) is 14.0. The van der Waals surface area contributed by atoms with Gasteiger partial charge in [-0.2, -0.15) is 0 Å². The van der Waals surface area contributed by atoms with Crippen molar-refractivity contribution < 1.29 is 0 Å². The van der Waals surface area contributed by atoms with Gasteiger partial charge in [0.05, 0.1) is 16.6 Å². The highest BCUT2D eigenvalue weighted by atomic mass is 15.0. The molecule has 1 aliphatic carbocycles. The average Bonchev–Trinajstić information content (AvgIpc) is 3.69. The van der Waals surface area contributed by atoms with E-state index in [0.717, 1.165) is 19.3 Å². The molecule has 3 heterocycles. The molecule has 0 saturated carbocycles. The molecule has 0 spiro atoms. The van der Waals surface area contributed by atoms with Gasteiger partial charge in [0.25, 0.3) is 0 Å². The minimum absolute atomic E-state index is 0.396. The van der Waals surface area contributed by atoms with Crippen LogP contribution in [0.1, 0.15) is 44.0 Å². The monoisotopic (exact) mass is 555 g/mol. The fourth-order valence-electron chi connectivity index (χ4n) is 7.63. The van der Waals surface area contributed by atoms with Crippen LogP contribution in [0, 0.1) is 0 Å². The number of hydrogen-bond donors (Lipinski definition) is 0. The molecule has 3 heteroatoms. The van der Waals surface area contributed by atoms with E-state index >= 15 is 0 Å². The lowest BCUT2D eigenvalue weighted by molar-refractivity contribution is 0.563. The van der Waals surface area contributed by atoms with Gasteiger partial charge >= 0.3 is 0 Å². The summed E-state index contributed by atoms with van der Waals surface area (Å²) in [5.74, 6) is 0. The number of fused-ring (bicyclic) bond motifs is 9. The standard InChI is InChI=1S/C40H33N3/c1-3-26(2)41-39-22-20-27(42-35-16-8-4-12-29(35)30-13-5-9-17-36(30)42)24-33(39)34-25-28(21-23-40(34)41)43-37-18-10-6-14-31(37)32-15-7-11-19-38(32)43/h4-6,8-14,16-26H,3,7,15H2,1-2H3. The lowest BCUT2D eigenvalue weighted by Gasteiger charge is -2.16. The van der Waals surface area contributed by atoms with Crippen LogP contribution in [0.25, 0.3) is 72.0 Å². The van der Waals surface area contributed by atoms with Gasteiger partial charge in [-0.25, -0.2) is 0 Å². The Labute approximate surface area is 250 Å². The molecule has 1 unspecified atom stereocenters. The van der Waals surface area contributed by atoms with Crippen molar-refractivity contribution in [1.82, 2.24) is 13.7 Å². The topological polar surface area (TPSA) is 14.8 Å². The third-order valence-corrected chi connectivity index (χ3v) is 9.75. The van der Waals surface area contributed by atoms with Crippen LogP contribution in [0.4, 0.5) is 0 Å². The number of allylic oxidation sites excluding steroid dienone is 1. The van der Waals surface area contributed by atoms with Gasteiger partial charge in [0.1, 0.15) is 0 Å². The van der Waals surface area contributed by atoms with Crippen LogP contribution >= 0.6 is 0 Å². The van der Waals surface area contributed by atoms with Crippen LogP contribution < -0.4 is 0 Å². The van der Waals surface area contributed by atoms with Crippen molar-refractivity contribution in [3.05, 3.63) is 127 Å². The van der Waals surface area contributed by atoms with E-state index in [1.807, 2.05) is 0 Å². The predicted octanol–water partition coefficient (Wildman–Crippen LogP) is 10.8. The first-order valence-electron chi connectivity index (χ1n) is 15.6. The van der Waals surface area contributed by atoms with Crippen molar-refractivity contribution in [2.24, 2.45) is 0 Å². The van der Waals surface area contributed by atoms with E-state index in [4.69, 9.17) is 0 Å². The highest BCUT2D eigenvalue weighted by molar-refractivity contribution is 6.12. The molecule has 0 aliphatic heterocycles. The van der Waals surface area contributed by atoms with Crippen molar-refractivity contribution in [1.29, 1.82) is 0 Å². The molecule has 5 aromatic carbocycles. The molecule has 9 rings (SSSR count). The molecule has 1 aliphatic rings. The predicted molar refractivity (Wildman–Crippen MR) is 183 cm³/mol. The zero-order valence-corrected chi connectivity index (χ0v) is 24.6. The van der Waals surface area contributed by atoms with Crippen molar-refractivity contribution >= 4 is 60.6 Å². The lowest BCUT2D eigenvalue weighted by Crippen LogP contribution is -2.04. The fourth-order valence-corrected chi connectivity index (χ4v) is 7.63. The van der Waals surface area contributed by atoms with Crippen molar-refractivity contribution in [3.63, 3.8) is 0 Å². The van der Waals surface area contributed by atoms with Crippen LogP contribution in [0.15, 0.2) is 115 Å². The van der Waals surface area contributed by atoms with Gasteiger partial charge in [-0.1, -0.05) is 67.6 Å². The Morgan fingerprint density at radius 3 is 1.72 bits per heavy atom. The Morgan fingerprint density at radius 2 is 1.12 bits per heavy atom. The summed E-state index contributed by atoms with van der Waals surface area (Å²) in [5, 5.41) is 6.57. The second kappa shape index (κ2) is 9.24. The largest absolute Gasteiger partial charge is 0.338 e. The Hall–Kier alpha value is -5.02. The number of nitrogens with zero attached hydrogens (tertiary/aromatic N) is 3. The van der Waals surface area contributed by atoms with Crippen LogP contribution in [0.2, 0.25) is 0 Å². The molecule has 208 valence electrons. The Kier molecular flexibility index (Phi) is 5.28. The van der Waals surface area contributed by atoms with E-state index in [1.54, 1.807) is 0 Å². The number of aromatic nitrogens is 3. The number of hydrogen-bond acceptors (Lipinski definition) is 0. The van der Waals surface area contributed by atoms with E-state index in [9.17, 15) is 0 Å². The van der Waals surface area contributed by atoms with Crippen molar-refractivity contribution in [3.8, 4) is 11.4 Å². The van der Waals surface area contributed by atoms with E-state index in [-0.39, 0.29) is 0 Å². The summed E-state index contributed by atoms with van der Waals surface area (Å²) in [5.41, 5.74) is 11.6. The summed E-state index contributed by atoms with van der Waals surface area (Å²) in [6, 6.07) is 41.0. The van der Waals surface area contributed by atoms with Gasteiger partial charge in [0.2, 0.25) is 0 Å². The Bertz CT molecular complexity index is 2360. The third-order valence-electron chi connectivity index (χ3n) is 9.75. The molecule has 0 bridgehead atoms. The molecule has 3 aromatic heterocycles. The summed E-state index contributed by atoms with van der Waals surface area (Å²) in [6.07, 6.45) is 7.93. The molecule has 0 amide bonds. The number of aryl methyl sites for hydroxylation is 1. The zero-order valence-electron chi connectivity index (χ0n) is 24.6. The van der Waals surface area contributed by atoms with Gasteiger partial charge in [-0.15, -0.1) is 0 Å². The summed E-state index contributed by atoms with van der Waals surface area (Å²) in [6.45, 7) is 4.63. The second-order valence-electron chi connectivity index (χ2n) is 12.1. The first-order valence-corrected chi connectivity index (χ1v) is 15.6. The average molecular weight is 556 g/mol. The molecule has 43 heavy (non-hydrogen) atoms. The SMILES string of the molecule is CCC(C)n1c2ccc(-n3c4c(c5ccccc53)CCC=C4)cc2c2cc(-n3c4ccccc4c4ccccc43)ccc21. The smallest absolute Gasteiger partial charge is 0.0541 e. The van der Waals surface area contributed by atoms with Gasteiger partial charge in [-0.3, -0.25) is 0 Å². The maximum atomic E-state index is 2.55. The third kappa shape index (κ3) is 3.42. The van der Waals surface area contributed by atoms with Gasteiger partial charge in [-0.05, 0) is 92.4 Å². The molecule has 0 radical (unpaired) electrons. The van der Waals surface area contributed by atoms with E-state index < -0.39 is 0 Å². The maximum Gasteiger partial charge on any atom is 0.0541 e. The molecule has 1 atom stereocenters. The second-order valence-corrected chi connectivity index (χ2v) is 12.1. The first kappa shape index (κ1) is 24.6. The zero-order chi connectivity index (χ0) is 28.7. The summed E-state index contributed by atoms with van der Waals surface area (Å²) >= 11 is 0. The number of para-hydroxylation sites is 3. The van der Waals surface area contributed by atoms with Gasteiger partial charge in [0.15, 0.2) is 0 Å². The molecule has 0 fully saturated rings. The summed E-state index contributed by atoms with van der Waals surface area (Å²) in [4.78, 5) is 0. The van der Waals surface area contributed by atoms with Crippen LogP contribution in [-0.4, -0.2) is 13.7 Å². The number of rotatable bonds is 4. The Balaban J connectivity index is 1.35. The minimum atomic E-state index is 0.396. The lowest BCUT2D eigenvalue weighted by atomic mass is 10.0. The van der Waals surface area contributed by atoms with Crippen molar-refractivity contribution in [2.45, 2.75) is 39.2 Å².